The summed E-state index contributed by atoms with van der Waals surface area (Å²) in [5.41, 5.74) is -1.03. The largest absolute Gasteiger partial charge is 0.460 e. The van der Waals surface area contributed by atoms with Crippen molar-refractivity contribution < 1.29 is 27.8 Å². The first-order valence-electron chi connectivity index (χ1n) is 4.08. The molecule has 0 bridgehead atoms. The fourth-order valence-corrected chi connectivity index (χ4v) is 1.61. The van der Waals surface area contributed by atoms with E-state index >= 15 is 0 Å². The Labute approximate surface area is 92.4 Å². The molecule has 3 nitrogen and oxygen atoms in total. The third-order valence-corrected chi connectivity index (χ3v) is 2.43. The Kier molecular flexibility index (Phi) is 2.18. The molecule has 0 radical (unpaired) electrons. The molecule has 0 amide bonds. The van der Waals surface area contributed by atoms with Crippen molar-refractivity contribution in [2.45, 2.75) is 12.0 Å². The van der Waals surface area contributed by atoms with Gasteiger partial charge in [-0.25, -0.2) is 4.79 Å². The summed E-state index contributed by atoms with van der Waals surface area (Å²) in [5.74, 6) is -4.83. The molecule has 0 spiro atoms. The molecule has 0 saturated heterocycles. The Morgan fingerprint density at radius 3 is 2.56 bits per heavy atom. The Morgan fingerprint density at radius 1 is 1.38 bits per heavy atom. The number of cyclic esters (lactones) is 1. The fourth-order valence-electron chi connectivity index (χ4n) is 1.44. The van der Waals surface area contributed by atoms with Crippen LogP contribution in [0.5, 0.6) is 0 Å². The number of hydrogen-bond acceptors (Lipinski definition) is 3. The summed E-state index contributed by atoms with van der Waals surface area (Å²) in [6.45, 7) is 0. The van der Waals surface area contributed by atoms with Crippen molar-refractivity contribution in [3.05, 3.63) is 34.3 Å². The molecule has 0 saturated carbocycles. The molecule has 16 heavy (non-hydrogen) atoms. The van der Waals surface area contributed by atoms with Crippen molar-refractivity contribution in [1.29, 1.82) is 0 Å². The summed E-state index contributed by atoms with van der Waals surface area (Å²) in [6, 6.07) is 3.07. The van der Waals surface area contributed by atoms with Crippen LogP contribution in [-0.4, -0.2) is 17.3 Å². The summed E-state index contributed by atoms with van der Waals surface area (Å²) in [4.78, 5) is 11.1. The van der Waals surface area contributed by atoms with Crippen LogP contribution in [0.3, 0.4) is 0 Å². The number of rotatable bonds is 0. The lowest BCUT2D eigenvalue weighted by Gasteiger charge is -2.24. The Balaban J connectivity index is 2.64. The SMILES string of the molecule is O=C1OC(O)(C(F)(F)F)c2ccc(Cl)cc21. The van der Waals surface area contributed by atoms with Crippen molar-refractivity contribution in [3.63, 3.8) is 0 Å². The van der Waals surface area contributed by atoms with Gasteiger partial charge in [0.05, 0.1) is 5.56 Å². The number of fused-ring (bicyclic) bond motifs is 1. The number of aliphatic hydroxyl groups is 1. The number of benzene rings is 1. The number of carbonyl (C=O) groups is 1. The van der Waals surface area contributed by atoms with Crippen LogP contribution in [-0.2, 0) is 10.5 Å². The van der Waals surface area contributed by atoms with Gasteiger partial charge >= 0.3 is 17.9 Å². The third kappa shape index (κ3) is 1.37. The van der Waals surface area contributed by atoms with Gasteiger partial charge in [-0.2, -0.15) is 13.2 Å². The molecular weight excluding hydrogens is 249 g/mol. The minimum atomic E-state index is -5.10. The van der Waals surface area contributed by atoms with E-state index in [4.69, 9.17) is 11.6 Å². The van der Waals surface area contributed by atoms with Crippen LogP contribution in [0, 0.1) is 0 Å². The predicted octanol–water partition coefficient (Wildman–Crippen LogP) is 2.22. The Morgan fingerprint density at radius 2 is 2.00 bits per heavy atom. The highest BCUT2D eigenvalue weighted by Crippen LogP contribution is 2.46. The summed E-state index contributed by atoms with van der Waals surface area (Å²) >= 11 is 5.53. The van der Waals surface area contributed by atoms with Crippen molar-refractivity contribution >= 4 is 17.6 Å². The van der Waals surface area contributed by atoms with Gasteiger partial charge < -0.3 is 9.84 Å². The molecule has 1 unspecified atom stereocenters. The summed E-state index contributed by atoms with van der Waals surface area (Å²) in [6.07, 6.45) is -5.10. The van der Waals surface area contributed by atoms with Crippen molar-refractivity contribution in [3.8, 4) is 0 Å². The number of hydrogen-bond donors (Lipinski definition) is 1. The average Bonchev–Trinajstić information content (AvgIpc) is 2.39. The zero-order chi connectivity index (χ0) is 12.1. The first-order valence-corrected chi connectivity index (χ1v) is 4.46. The second kappa shape index (κ2) is 3.11. The van der Waals surface area contributed by atoms with E-state index in [9.17, 15) is 23.1 Å². The summed E-state index contributed by atoms with van der Waals surface area (Å²) in [7, 11) is 0. The van der Waals surface area contributed by atoms with E-state index in [1.54, 1.807) is 0 Å². The van der Waals surface area contributed by atoms with Crippen molar-refractivity contribution in [2.24, 2.45) is 0 Å². The summed E-state index contributed by atoms with van der Waals surface area (Å²) < 4.78 is 41.6. The molecule has 1 N–H and O–H groups in total. The second-order valence-corrected chi connectivity index (χ2v) is 3.66. The van der Waals surface area contributed by atoms with Crippen LogP contribution in [0.1, 0.15) is 15.9 Å². The van der Waals surface area contributed by atoms with Gasteiger partial charge in [0.2, 0.25) is 0 Å². The van der Waals surface area contributed by atoms with Gasteiger partial charge in [-0.05, 0) is 18.2 Å². The zero-order valence-electron chi connectivity index (χ0n) is 7.51. The normalized spacial score (nSPS) is 24.2. The molecule has 1 aliphatic rings. The standard InChI is InChI=1S/C9H4ClF3O3/c10-4-1-2-6-5(3-4)7(14)16-8(6,15)9(11,12)13/h1-3,15H. The number of alkyl halides is 3. The molecule has 1 aromatic rings. The van der Waals surface area contributed by atoms with E-state index in [1.165, 1.54) is 0 Å². The highest BCUT2D eigenvalue weighted by atomic mass is 35.5. The molecule has 0 aliphatic carbocycles. The number of carbonyl (C=O) groups excluding carboxylic acids is 1. The predicted molar refractivity (Wildman–Crippen MR) is 46.8 cm³/mol. The molecule has 1 aliphatic heterocycles. The number of ether oxygens (including phenoxy) is 1. The van der Waals surface area contributed by atoms with Gasteiger partial charge in [-0.1, -0.05) is 11.6 Å². The van der Waals surface area contributed by atoms with Crippen LogP contribution >= 0.6 is 11.6 Å². The van der Waals surface area contributed by atoms with Gasteiger partial charge in [0.25, 0.3) is 0 Å². The van der Waals surface area contributed by atoms with E-state index in [1.807, 2.05) is 0 Å². The van der Waals surface area contributed by atoms with Crippen LogP contribution in [0.15, 0.2) is 18.2 Å². The first-order chi connectivity index (χ1) is 7.25. The molecule has 0 aromatic heterocycles. The van der Waals surface area contributed by atoms with Gasteiger partial charge in [-0.3, -0.25) is 0 Å². The molecule has 2 rings (SSSR count). The minimum absolute atomic E-state index is 0.0853. The smallest absolute Gasteiger partial charge is 0.415 e. The molecule has 1 atom stereocenters. The Bertz CT molecular complexity index is 472. The second-order valence-electron chi connectivity index (χ2n) is 3.22. The average molecular weight is 253 g/mol. The number of esters is 1. The van der Waals surface area contributed by atoms with Crippen LogP contribution < -0.4 is 0 Å². The van der Waals surface area contributed by atoms with Gasteiger partial charge in [-0.15, -0.1) is 0 Å². The molecular formula is C9H4ClF3O3. The van der Waals surface area contributed by atoms with Crippen molar-refractivity contribution in [1.82, 2.24) is 0 Å². The maximum absolute atomic E-state index is 12.5. The van der Waals surface area contributed by atoms with Crippen LogP contribution in [0.2, 0.25) is 5.02 Å². The maximum Gasteiger partial charge on any atom is 0.460 e. The van der Waals surface area contributed by atoms with Crippen molar-refractivity contribution in [2.75, 3.05) is 0 Å². The molecule has 1 heterocycles. The molecule has 86 valence electrons. The van der Waals surface area contributed by atoms with E-state index in [-0.39, 0.29) is 10.6 Å². The molecule has 1 aromatic carbocycles. The molecule has 0 fully saturated rings. The lowest BCUT2D eigenvalue weighted by molar-refractivity contribution is -0.349. The van der Waals surface area contributed by atoms with Crippen LogP contribution in [0.4, 0.5) is 13.2 Å². The van der Waals surface area contributed by atoms with Gasteiger partial charge in [0, 0.05) is 10.6 Å². The Hall–Kier alpha value is -1.27. The van der Waals surface area contributed by atoms with E-state index in [2.05, 4.69) is 4.74 Å². The van der Waals surface area contributed by atoms with E-state index in [0.717, 1.165) is 18.2 Å². The zero-order valence-corrected chi connectivity index (χ0v) is 8.26. The van der Waals surface area contributed by atoms with E-state index < -0.39 is 23.5 Å². The lowest BCUT2D eigenvalue weighted by Crippen LogP contribution is -2.42. The lowest BCUT2D eigenvalue weighted by atomic mass is 10.0. The van der Waals surface area contributed by atoms with Gasteiger partial charge in [0.1, 0.15) is 0 Å². The summed E-state index contributed by atoms with van der Waals surface area (Å²) in [5, 5.41) is 9.42. The molecule has 7 heteroatoms. The van der Waals surface area contributed by atoms with Crippen LogP contribution in [0.25, 0.3) is 0 Å². The third-order valence-electron chi connectivity index (χ3n) is 2.19. The number of halogens is 4. The minimum Gasteiger partial charge on any atom is -0.415 e. The first kappa shape index (κ1) is 11.2. The van der Waals surface area contributed by atoms with E-state index in [0.29, 0.717) is 0 Å². The quantitative estimate of drug-likeness (QED) is 0.720. The highest BCUT2D eigenvalue weighted by molar-refractivity contribution is 6.31. The van der Waals surface area contributed by atoms with Gasteiger partial charge in [0.15, 0.2) is 0 Å². The highest BCUT2D eigenvalue weighted by Gasteiger charge is 2.63. The fraction of sp³-hybridized carbons (Fsp3) is 0.222. The monoisotopic (exact) mass is 252 g/mol. The topological polar surface area (TPSA) is 46.5 Å². The maximum atomic E-state index is 12.5.